The minimum absolute atomic E-state index is 0.0328. The molecular formula is C14H17ClN2O. The molecule has 4 heteroatoms. The zero-order valence-corrected chi connectivity index (χ0v) is 11.6. The zero-order chi connectivity index (χ0) is 13.3. The maximum Gasteiger partial charge on any atom is 0.217 e. The fraction of sp³-hybridized carbons (Fsp3) is 0.357. The van der Waals surface area contributed by atoms with Crippen molar-refractivity contribution in [1.29, 1.82) is 0 Å². The Labute approximate surface area is 112 Å². The predicted octanol–water partition coefficient (Wildman–Crippen LogP) is 3.58. The fourth-order valence-electron chi connectivity index (χ4n) is 1.99. The van der Waals surface area contributed by atoms with Crippen molar-refractivity contribution in [2.75, 3.05) is 0 Å². The van der Waals surface area contributed by atoms with Crippen molar-refractivity contribution in [2.24, 2.45) is 0 Å². The number of H-pyrrole nitrogens is 1. The van der Waals surface area contributed by atoms with Crippen LogP contribution in [0.5, 0.6) is 0 Å². The third kappa shape index (κ3) is 2.67. The van der Waals surface area contributed by atoms with Crippen molar-refractivity contribution in [3.63, 3.8) is 0 Å². The van der Waals surface area contributed by atoms with E-state index in [0.717, 1.165) is 27.2 Å². The Morgan fingerprint density at radius 1 is 1.39 bits per heavy atom. The first-order valence-corrected chi connectivity index (χ1v) is 6.40. The Morgan fingerprint density at radius 2 is 2.11 bits per heavy atom. The van der Waals surface area contributed by atoms with Crippen LogP contribution in [0, 0.1) is 0 Å². The Balaban J connectivity index is 2.36. The molecule has 0 bridgehead atoms. The largest absolute Gasteiger partial charge is 0.357 e. The van der Waals surface area contributed by atoms with Crippen LogP contribution in [0.4, 0.5) is 0 Å². The molecule has 96 valence electrons. The number of carbonyl (C=O) groups is 1. The van der Waals surface area contributed by atoms with E-state index in [9.17, 15) is 4.79 Å². The van der Waals surface area contributed by atoms with E-state index in [-0.39, 0.29) is 5.91 Å². The number of halogens is 1. The lowest BCUT2D eigenvalue weighted by atomic mass is 10.0. The molecule has 0 aliphatic rings. The van der Waals surface area contributed by atoms with Gasteiger partial charge in [-0.2, -0.15) is 0 Å². The monoisotopic (exact) mass is 264 g/mol. The first kappa shape index (κ1) is 13.0. The van der Waals surface area contributed by atoms with Crippen molar-refractivity contribution in [3.8, 4) is 0 Å². The van der Waals surface area contributed by atoms with E-state index in [1.54, 1.807) is 0 Å². The number of carbonyl (C=O) groups excluding carboxylic acids is 1. The highest BCUT2D eigenvalue weighted by Gasteiger charge is 2.09. The highest BCUT2D eigenvalue weighted by atomic mass is 35.5. The van der Waals surface area contributed by atoms with Crippen molar-refractivity contribution in [3.05, 3.63) is 34.5 Å². The van der Waals surface area contributed by atoms with Gasteiger partial charge in [-0.15, -0.1) is 0 Å². The summed E-state index contributed by atoms with van der Waals surface area (Å²) in [5.74, 6) is 0.360. The minimum atomic E-state index is -0.0328. The molecule has 1 amide bonds. The standard InChI is InChI=1S/C14H17ClN2O/c1-8(2)12-6-14-10(5-13(12)15)4-11(17-14)7-16-9(3)18/h4-6,8,17H,7H2,1-3H3,(H,16,18). The highest BCUT2D eigenvalue weighted by Crippen LogP contribution is 2.29. The van der Waals surface area contributed by atoms with Gasteiger partial charge in [-0.3, -0.25) is 4.79 Å². The van der Waals surface area contributed by atoms with Gasteiger partial charge in [-0.1, -0.05) is 25.4 Å². The van der Waals surface area contributed by atoms with Crippen LogP contribution in [-0.4, -0.2) is 10.9 Å². The van der Waals surface area contributed by atoms with Gasteiger partial charge < -0.3 is 10.3 Å². The lowest BCUT2D eigenvalue weighted by molar-refractivity contribution is -0.119. The van der Waals surface area contributed by atoms with Crippen LogP contribution in [0.1, 0.15) is 37.9 Å². The molecule has 0 unspecified atom stereocenters. The second-order valence-electron chi connectivity index (χ2n) is 4.82. The van der Waals surface area contributed by atoms with E-state index < -0.39 is 0 Å². The van der Waals surface area contributed by atoms with Gasteiger partial charge in [0.1, 0.15) is 0 Å². The number of benzene rings is 1. The van der Waals surface area contributed by atoms with Crippen molar-refractivity contribution < 1.29 is 4.79 Å². The number of rotatable bonds is 3. The summed E-state index contributed by atoms with van der Waals surface area (Å²) in [6.45, 7) is 6.26. The van der Waals surface area contributed by atoms with E-state index in [1.807, 2.05) is 12.1 Å². The Hall–Kier alpha value is -1.48. The summed E-state index contributed by atoms with van der Waals surface area (Å²) in [5.41, 5.74) is 3.18. The van der Waals surface area contributed by atoms with E-state index in [0.29, 0.717) is 12.5 Å². The number of aromatic nitrogens is 1. The van der Waals surface area contributed by atoms with Gasteiger partial charge in [-0.25, -0.2) is 0 Å². The fourth-order valence-corrected chi connectivity index (χ4v) is 2.38. The van der Waals surface area contributed by atoms with Gasteiger partial charge in [0.2, 0.25) is 5.91 Å². The molecular weight excluding hydrogens is 248 g/mol. The third-order valence-corrected chi connectivity index (χ3v) is 3.27. The molecule has 0 fully saturated rings. The minimum Gasteiger partial charge on any atom is -0.357 e. The molecule has 0 saturated carbocycles. The van der Waals surface area contributed by atoms with Crippen LogP contribution < -0.4 is 5.32 Å². The molecule has 0 atom stereocenters. The van der Waals surface area contributed by atoms with Crippen molar-refractivity contribution >= 4 is 28.4 Å². The van der Waals surface area contributed by atoms with Gasteiger partial charge in [0.25, 0.3) is 0 Å². The van der Waals surface area contributed by atoms with Gasteiger partial charge in [-0.05, 0) is 29.7 Å². The molecule has 0 radical (unpaired) electrons. The highest BCUT2D eigenvalue weighted by molar-refractivity contribution is 6.32. The lowest BCUT2D eigenvalue weighted by Crippen LogP contribution is -2.18. The second-order valence-corrected chi connectivity index (χ2v) is 5.23. The second kappa shape index (κ2) is 5.02. The quantitative estimate of drug-likeness (QED) is 0.874. The Morgan fingerprint density at radius 3 is 2.72 bits per heavy atom. The third-order valence-electron chi connectivity index (χ3n) is 2.94. The molecule has 2 rings (SSSR count). The summed E-state index contributed by atoms with van der Waals surface area (Å²) in [6.07, 6.45) is 0. The van der Waals surface area contributed by atoms with Gasteiger partial charge in [0.05, 0.1) is 6.54 Å². The number of aromatic amines is 1. The number of hydrogen-bond donors (Lipinski definition) is 2. The van der Waals surface area contributed by atoms with Gasteiger partial charge in [0.15, 0.2) is 0 Å². The topological polar surface area (TPSA) is 44.9 Å². The molecule has 18 heavy (non-hydrogen) atoms. The molecule has 1 aromatic heterocycles. The Bertz CT molecular complexity index is 587. The van der Waals surface area contributed by atoms with Crippen LogP contribution in [0.3, 0.4) is 0 Å². The summed E-state index contributed by atoms with van der Waals surface area (Å²) in [5, 5.41) is 4.64. The molecule has 3 nitrogen and oxygen atoms in total. The van der Waals surface area contributed by atoms with Crippen molar-refractivity contribution in [1.82, 2.24) is 10.3 Å². The van der Waals surface area contributed by atoms with Crippen LogP contribution in [0.15, 0.2) is 18.2 Å². The predicted molar refractivity (Wildman–Crippen MR) is 74.9 cm³/mol. The maximum absolute atomic E-state index is 10.9. The zero-order valence-electron chi connectivity index (χ0n) is 10.8. The Kier molecular flexibility index (Phi) is 3.62. The molecule has 2 aromatic rings. The van der Waals surface area contributed by atoms with Crippen LogP contribution in [0.2, 0.25) is 5.02 Å². The smallest absolute Gasteiger partial charge is 0.217 e. The van der Waals surface area contributed by atoms with Gasteiger partial charge in [0, 0.05) is 28.5 Å². The van der Waals surface area contributed by atoms with Crippen LogP contribution >= 0.6 is 11.6 Å². The van der Waals surface area contributed by atoms with Crippen molar-refractivity contribution in [2.45, 2.75) is 33.2 Å². The average Bonchev–Trinajstić information content (AvgIpc) is 2.66. The number of nitrogens with one attached hydrogen (secondary N) is 2. The van der Waals surface area contributed by atoms with E-state index in [1.165, 1.54) is 6.92 Å². The molecule has 0 spiro atoms. The van der Waals surface area contributed by atoms with E-state index >= 15 is 0 Å². The molecule has 0 aliphatic carbocycles. The number of fused-ring (bicyclic) bond motifs is 1. The van der Waals surface area contributed by atoms with Crippen LogP contribution in [0.25, 0.3) is 10.9 Å². The molecule has 0 saturated heterocycles. The molecule has 2 N–H and O–H groups in total. The maximum atomic E-state index is 10.9. The summed E-state index contributed by atoms with van der Waals surface area (Å²) in [4.78, 5) is 14.2. The molecule has 0 aliphatic heterocycles. The van der Waals surface area contributed by atoms with Gasteiger partial charge >= 0.3 is 0 Å². The molecule has 1 aromatic carbocycles. The normalized spacial score (nSPS) is 11.2. The number of amides is 1. The average molecular weight is 265 g/mol. The summed E-state index contributed by atoms with van der Waals surface area (Å²) >= 11 is 6.25. The number of hydrogen-bond acceptors (Lipinski definition) is 1. The SMILES string of the molecule is CC(=O)NCc1cc2cc(Cl)c(C(C)C)cc2[nH]1. The van der Waals surface area contributed by atoms with Crippen LogP contribution in [-0.2, 0) is 11.3 Å². The first-order chi connectivity index (χ1) is 8.47. The van der Waals surface area contributed by atoms with E-state index in [4.69, 9.17) is 11.6 Å². The van der Waals surface area contributed by atoms with E-state index in [2.05, 4.69) is 30.2 Å². The summed E-state index contributed by atoms with van der Waals surface area (Å²) < 4.78 is 0. The summed E-state index contributed by atoms with van der Waals surface area (Å²) in [7, 11) is 0. The lowest BCUT2D eigenvalue weighted by Gasteiger charge is -2.07. The first-order valence-electron chi connectivity index (χ1n) is 6.03. The molecule has 1 heterocycles. The summed E-state index contributed by atoms with van der Waals surface area (Å²) in [6, 6.07) is 6.07.